The minimum Gasteiger partial charge on any atom is -0.317 e. The number of hydrogen-bond acceptors (Lipinski definition) is 3. The van der Waals surface area contributed by atoms with Gasteiger partial charge in [0.05, 0.1) is 0 Å². The molecule has 0 aromatic heterocycles. The average molecular weight is 349 g/mol. The van der Waals surface area contributed by atoms with Crippen LogP contribution in [0.2, 0.25) is 0 Å². The van der Waals surface area contributed by atoms with E-state index in [1.165, 1.54) is 0 Å². The van der Waals surface area contributed by atoms with Crippen LogP contribution in [0.1, 0.15) is 5.56 Å². The van der Waals surface area contributed by atoms with Crippen LogP contribution in [0.4, 0.5) is 14.5 Å². The molecule has 1 N–H and O–H groups in total. The molecule has 0 amide bonds. The Hall–Kier alpha value is -1.99. The fraction of sp³-hybridized carbons (Fsp3) is 0.125. The number of nitrogens with zero attached hydrogens (tertiary/aromatic N) is 2. The van der Waals surface area contributed by atoms with Crippen molar-refractivity contribution in [1.29, 1.82) is 0 Å². The van der Waals surface area contributed by atoms with E-state index in [2.05, 4.69) is 10.3 Å². The van der Waals surface area contributed by atoms with E-state index in [1.54, 1.807) is 24.3 Å². The molecule has 1 aliphatic rings. The Bertz CT molecular complexity index is 718. The van der Waals surface area contributed by atoms with Gasteiger partial charge in [-0.2, -0.15) is 8.78 Å². The zero-order valence-corrected chi connectivity index (χ0v) is 13.6. The Labute approximate surface area is 142 Å². The molecule has 0 unspecified atom stereocenters. The number of thioether (sulfide) groups is 1. The van der Waals surface area contributed by atoms with Crippen molar-refractivity contribution in [3.63, 3.8) is 0 Å². The molecular formula is C16H13F2N3S2. The lowest BCUT2D eigenvalue weighted by Gasteiger charge is -2.29. The second kappa shape index (κ2) is 7.06. The van der Waals surface area contributed by atoms with Gasteiger partial charge in [0.2, 0.25) is 0 Å². The first kappa shape index (κ1) is 15.9. The van der Waals surface area contributed by atoms with Crippen LogP contribution in [-0.2, 0) is 0 Å². The molecule has 23 heavy (non-hydrogen) atoms. The normalized spacial score (nSPS) is 14.7. The smallest absolute Gasteiger partial charge is 0.288 e. The van der Waals surface area contributed by atoms with Crippen LogP contribution >= 0.6 is 24.0 Å². The molecule has 2 aromatic carbocycles. The summed E-state index contributed by atoms with van der Waals surface area (Å²) in [5.41, 5.74) is 1.79. The number of nitrogens with one attached hydrogen (secondary N) is 1. The number of thiocarbonyl (C=S) groups is 1. The Morgan fingerprint density at radius 2 is 1.78 bits per heavy atom. The standard InChI is InChI=1S/C16H13F2N3S2/c17-15(18)23-13-8-6-12(7-9-13)21-10-19-14(20-16(21)22)11-4-2-1-3-5-11/h1-9,15H,10H2,(H,19,20,22). The highest BCUT2D eigenvalue weighted by molar-refractivity contribution is 7.99. The van der Waals surface area contributed by atoms with Crippen molar-refractivity contribution in [2.24, 2.45) is 4.99 Å². The lowest BCUT2D eigenvalue weighted by molar-refractivity contribution is 0.252. The molecule has 0 aliphatic carbocycles. The molecule has 118 valence electrons. The molecule has 0 bridgehead atoms. The summed E-state index contributed by atoms with van der Waals surface area (Å²) in [6.45, 7) is 0.386. The zero-order valence-electron chi connectivity index (χ0n) is 11.9. The van der Waals surface area contributed by atoms with E-state index in [4.69, 9.17) is 12.2 Å². The van der Waals surface area contributed by atoms with E-state index in [-0.39, 0.29) is 0 Å². The van der Waals surface area contributed by atoms with E-state index in [0.717, 1.165) is 17.1 Å². The molecule has 0 radical (unpaired) electrons. The molecule has 0 spiro atoms. The molecule has 0 fully saturated rings. The Balaban J connectivity index is 1.75. The predicted octanol–water partition coefficient (Wildman–Crippen LogP) is 4.10. The quantitative estimate of drug-likeness (QED) is 0.664. The topological polar surface area (TPSA) is 27.6 Å². The number of benzene rings is 2. The van der Waals surface area contributed by atoms with Gasteiger partial charge in [0, 0.05) is 16.1 Å². The maximum atomic E-state index is 12.3. The van der Waals surface area contributed by atoms with E-state index < -0.39 is 5.76 Å². The summed E-state index contributed by atoms with van der Waals surface area (Å²) in [6.07, 6.45) is 0. The second-order valence-electron chi connectivity index (χ2n) is 4.74. The highest BCUT2D eigenvalue weighted by atomic mass is 32.2. The van der Waals surface area contributed by atoms with Crippen LogP contribution in [0.25, 0.3) is 0 Å². The Morgan fingerprint density at radius 1 is 1.09 bits per heavy atom. The first-order valence-electron chi connectivity index (χ1n) is 6.87. The van der Waals surface area contributed by atoms with Crippen LogP contribution in [0.15, 0.2) is 64.5 Å². The molecule has 7 heteroatoms. The van der Waals surface area contributed by atoms with Gasteiger partial charge in [0.25, 0.3) is 5.76 Å². The van der Waals surface area contributed by atoms with Gasteiger partial charge < -0.3 is 5.32 Å². The molecule has 1 aliphatic heterocycles. The lowest BCUT2D eigenvalue weighted by atomic mass is 10.2. The second-order valence-corrected chi connectivity index (χ2v) is 6.19. The zero-order chi connectivity index (χ0) is 16.2. The molecule has 0 atom stereocenters. The summed E-state index contributed by atoms with van der Waals surface area (Å²) >= 11 is 5.92. The van der Waals surface area contributed by atoms with Crippen molar-refractivity contribution >= 4 is 40.6 Å². The van der Waals surface area contributed by atoms with Gasteiger partial charge >= 0.3 is 0 Å². The maximum absolute atomic E-state index is 12.3. The molecule has 0 saturated carbocycles. The molecule has 1 heterocycles. The highest BCUT2D eigenvalue weighted by Crippen LogP contribution is 2.27. The van der Waals surface area contributed by atoms with Gasteiger partial charge in [-0.15, -0.1) is 0 Å². The third-order valence-corrected chi connectivity index (χ3v) is 4.31. The lowest BCUT2D eigenvalue weighted by Crippen LogP contribution is -2.47. The molecular weight excluding hydrogens is 336 g/mol. The SMILES string of the molecule is FC(F)Sc1ccc(N2CN=C(c3ccccc3)NC2=S)cc1. The van der Waals surface area contributed by atoms with E-state index >= 15 is 0 Å². The van der Waals surface area contributed by atoms with E-state index in [1.807, 2.05) is 35.2 Å². The van der Waals surface area contributed by atoms with Crippen molar-refractivity contribution < 1.29 is 8.78 Å². The molecule has 0 saturated heterocycles. The largest absolute Gasteiger partial charge is 0.317 e. The minimum absolute atomic E-state index is 0.386. The van der Waals surface area contributed by atoms with Gasteiger partial charge in [0.15, 0.2) is 5.11 Å². The monoisotopic (exact) mass is 349 g/mol. The van der Waals surface area contributed by atoms with Gasteiger partial charge in [-0.3, -0.25) is 4.90 Å². The third-order valence-electron chi connectivity index (χ3n) is 3.26. The molecule has 3 nitrogen and oxygen atoms in total. The van der Waals surface area contributed by atoms with Crippen molar-refractivity contribution in [1.82, 2.24) is 5.32 Å². The van der Waals surface area contributed by atoms with Crippen molar-refractivity contribution in [3.05, 3.63) is 60.2 Å². The number of amidine groups is 1. The van der Waals surface area contributed by atoms with Crippen LogP contribution in [0.5, 0.6) is 0 Å². The first-order chi connectivity index (χ1) is 11.1. The number of alkyl halides is 2. The van der Waals surface area contributed by atoms with Crippen LogP contribution < -0.4 is 10.2 Å². The van der Waals surface area contributed by atoms with Crippen molar-refractivity contribution in [3.8, 4) is 0 Å². The fourth-order valence-electron chi connectivity index (χ4n) is 2.18. The minimum atomic E-state index is -2.42. The third kappa shape index (κ3) is 3.86. The van der Waals surface area contributed by atoms with Gasteiger partial charge in [-0.1, -0.05) is 42.1 Å². The van der Waals surface area contributed by atoms with E-state index in [9.17, 15) is 8.78 Å². The fourth-order valence-corrected chi connectivity index (χ4v) is 2.94. The summed E-state index contributed by atoms with van der Waals surface area (Å²) in [5, 5.41) is 3.65. The Kier molecular flexibility index (Phi) is 4.88. The van der Waals surface area contributed by atoms with Gasteiger partial charge in [-0.05, 0) is 36.5 Å². The molecule has 2 aromatic rings. The van der Waals surface area contributed by atoms with Gasteiger partial charge in [-0.25, -0.2) is 4.99 Å². The van der Waals surface area contributed by atoms with Gasteiger partial charge in [0.1, 0.15) is 12.5 Å². The summed E-state index contributed by atoms with van der Waals surface area (Å²) in [6, 6.07) is 16.6. The average Bonchev–Trinajstić information content (AvgIpc) is 2.56. The number of anilines is 1. The van der Waals surface area contributed by atoms with Crippen LogP contribution in [0.3, 0.4) is 0 Å². The first-order valence-corrected chi connectivity index (χ1v) is 8.15. The molecule has 3 rings (SSSR count). The number of aliphatic imine (C=N–C) groups is 1. The Morgan fingerprint density at radius 3 is 2.39 bits per heavy atom. The number of hydrogen-bond donors (Lipinski definition) is 1. The predicted molar refractivity (Wildman–Crippen MR) is 94.4 cm³/mol. The maximum Gasteiger partial charge on any atom is 0.288 e. The van der Waals surface area contributed by atoms with Crippen molar-refractivity contribution in [2.45, 2.75) is 10.7 Å². The summed E-state index contributed by atoms with van der Waals surface area (Å²) in [7, 11) is 0. The number of rotatable bonds is 4. The van der Waals surface area contributed by atoms with Crippen LogP contribution in [-0.4, -0.2) is 23.4 Å². The highest BCUT2D eigenvalue weighted by Gasteiger charge is 2.19. The summed E-state index contributed by atoms with van der Waals surface area (Å²) in [4.78, 5) is 6.84. The number of halogens is 2. The van der Waals surface area contributed by atoms with Crippen molar-refractivity contribution in [2.75, 3.05) is 11.6 Å². The summed E-state index contributed by atoms with van der Waals surface area (Å²) < 4.78 is 24.7. The van der Waals surface area contributed by atoms with Crippen LogP contribution in [0, 0.1) is 0 Å². The van der Waals surface area contributed by atoms with E-state index in [0.29, 0.717) is 28.4 Å². The summed E-state index contributed by atoms with van der Waals surface area (Å²) in [5.74, 6) is -1.69.